The summed E-state index contributed by atoms with van der Waals surface area (Å²) in [5.41, 5.74) is 14.3. The minimum absolute atomic E-state index is 0.891. The maximum atomic E-state index is 6.61. The SMILES string of the molecule is c1ccc(-c2ccc(-c3ccccc3N(c3ccc(-c4cccc5ccccc45)cc3)c3ccccc3-c3cccc4c3oc3ccccc34)cc2)cc1. The van der Waals surface area contributed by atoms with Crippen molar-refractivity contribution in [1.82, 2.24) is 0 Å². The smallest absolute Gasteiger partial charge is 0.143 e. The molecule has 2 heteroatoms. The summed E-state index contributed by atoms with van der Waals surface area (Å²) < 4.78 is 6.61. The summed E-state index contributed by atoms with van der Waals surface area (Å²) in [5.74, 6) is 0. The Morgan fingerprint density at radius 2 is 0.796 bits per heavy atom. The third-order valence-corrected chi connectivity index (χ3v) is 10.5. The molecule has 0 aliphatic carbocycles. The summed E-state index contributed by atoms with van der Waals surface area (Å²) in [6.07, 6.45) is 0. The summed E-state index contributed by atoms with van der Waals surface area (Å²) in [6.45, 7) is 0. The van der Waals surface area contributed by atoms with Crippen molar-refractivity contribution in [3.8, 4) is 44.5 Å². The Bertz CT molecular complexity index is 2920. The third kappa shape index (κ3) is 5.53. The first-order valence-electron chi connectivity index (χ1n) is 18.4. The second-order valence-corrected chi connectivity index (χ2v) is 13.7. The van der Waals surface area contributed by atoms with Crippen LogP contribution in [0.15, 0.2) is 217 Å². The van der Waals surface area contributed by atoms with E-state index in [-0.39, 0.29) is 0 Å². The maximum absolute atomic E-state index is 6.61. The van der Waals surface area contributed by atoms with Gasteiger partial charge in [0.25, 0.3) is 0 Å². The monoisotopic (exact) mass is 689 g/mol. The van der Waals surface area contributed by atoms with E-state index in [1.54, 1.807) is 0 Å². The van der Waals surface area contributed by atoms with Gasteiger partial charge >= 0.3 is 0 Å². The highest BCUT2D eigenvalue weighted by Gasteiger charge is 2.22. The van der Waals surface area contributed by atoms with Crippen molar-refractivity contribution in [2.45, 2.75) is 0 Å². The van der Waals surface area contributed by atoms with Crippen LogP contribution in [0.3, 0.4) is 0 Å². The van der Waals surface area contributed by atoms with Crippen LogP contribution in [0.2, 0.25) is 0 Å². The molecule has 254 valence electrons. The zero-order valence-corrected chi connectivity index (χ0v) is 29.6. The minimum Gasteiger partial charge on any atom is -0.455 e. The molecule has 0 radical (unpaired) electrons. The predicted octanol–water partition coefficient (Wildman–Crippen LogP) is 14.9. The van der Waals surface area contributed by atoms with E-state index in [1.807, 2.05) is 12.1 Å². The van der Waals surface area contributed by atoms with Gasteiger partial charge in [0.2, 0.25) is 0 Å². The summed E-state index contributed by atoms with van der Waals surface area (Å²) in [7, 11) is 0. The molecule has 0 bridgehead atoms. The van der Waals surface area contributed by atoms with E-state index in [1.165, 1.54) is 33.0 Å². The fourth-order valence-corrected chi connectivity index (χ4v) is 7.92. The summed E-state index contributed by atoms with van der Waals surface area (Å²) in [4.78, 5) is 2.41. The van der Waals surface area contributed by atoms with E-state index in [9.17, 15) is 0 Å². The molecule has 0 aliphatic rings. The number of fused-ring (bicyclic) bond motifs is 4. The van der Waals surface area contributed by atoms with Gasteiger partial charge in [0, 0.05) is 33.2 Å². The highest BCUT2D eigenvalue weighted by Crippen LogP contribution is 2.47. The van der Waals surface area contributed by atoms with Gasteiger partial charge in [-0.25, -0.2) is 0 Å². The third-order valence-electron chi connectivity index (χ3n) is 10.5. The molecule has 10 aromatic rings. The van der Waals surface area contributed by atoms with Gasteiger partial charge in [-0.15, -0.1) is 0 Å². The Morgan fingerprint density at radius 3 is 1.61 bits per heavy atom. The van der Waals surface area contributed by atoms with Crippen LogP contribution in [-0.4, -0.2) is 0 Å². The summed E-state index contributed by atoms with van der Waals surface area (Å²) in [6, 6.07) is 75.8. The van der Waals surface area contributed by atoms with E-state index in [0.29, 0.717) is 0 Å². The lowest BCUT2D eigenvalue weighted by Gasteiger charge is -2.30. The van der Waals surface area contributed by atoms with Crippen LogP contribution in [0.1, 0.15) is 0 Å². The van der Waals surface area contributed by atoms with Crippen LogP contribution >= 0.6 is 0 Å². The van der Waals surface area contributed by atoms with Gasteiger partial charge in [-0.2, -0.15) is 0 Å². The molecule has 0 atom stereocenters. The standard InChI is InChI=1S/C52H35NO/c1-2-14-36(15-3-1)37-28-30-40(31-29-37)44-19-6-9-25-49(44)53(41-34-32-39(33-35-41)43-22-12-17-38-16-4-5-18-42(38)43)50-26-10-7-20-45(50)47-23-13-24-48-46-21-8-11-27-51(46)54-52(47)48/h1-35H. The largest absolute Gasteiger partial charge is 0.455 e. The Kier molecular flexibility index (Phi) is 7.85. The lowest BCUT2D eigenvalue weighted by Crippen LogP contribution is -2.12. The maximum Gasteiger partial charge on any atom is 0.143 e. The number of anilines is 3. The second kappa shape index (κ2) is 13.4. The molecule has 0 saturated heterocycles. The average molecular weight is 690 g/mol. The molecule has 0 unspecified atom stereocenters. The molecule has 0 spiro atoms. The lowest BCUT2D eigenvalue weighted by molar-refractivity contribution is 0.670. The van der Waals surface area contributed by atoms with Crippen molar-refractivity contribution in [1.29, 1.82) is 0 Å². The number of rotatable bonds is 7. The van der Waals surface area contributed by atoms with E-state index < -0.39 is 0 Å². The molecule has 54 heavy (non-hydrogen) atoms. The number of hydrogen-bond donors (Lipinski definition) is 0. The molecule has 0 amide bonds. The van der Waals surface area contributed by atoms with Crippen molar-refractivity contribution < 1.29 is 4.42 Å². The van der Waals surface area contributed by atoms with Crippen LogP contribution in [-0.2, 0) is 0 Å². The van der Waals surface area contributed by atoms with Gasteiger partial charge in [-0.05, 0) is 68.9 Å². The molecule has 10 rings (SSSR count). The average Bonchev–Trinajstić information content (AvgIpc) is 3.64. The number of para-hydroxylation sites is 4. The second-order valence-electron chi connectivity index (χ2n) is 13.7. The molecule has 0 N–H and O–H groups in total. The molecular weight excluding hydrogens is 655 g/mol. The zero-order chi connectivity index (χ0) is 35.8. The fraction of sp³-hybridized carbons (Fsp3) is 0. The number of benzene rings is 9. The number of hydrogen-bond acceptors (Lipinski definition) is 2. The van der Waals surface area contributed by atoms with Gasteiger partial charge in [0.1, 0.15) is 11.2 Å². The first kappa shape index (κ1) is 31.6. The minimum atomic E-state index is 0.891. The molecule has 1 heterocycles. The van der Waals surface area contributed by atoms with E-state index >= 15 is 0 Å². The quantitative estimate of drug-likeness (QED) is 0.166. The van der Waals surface area contributed by atoms with Crippen LogP contribution in [0.5, 0.6) is 0 Å². The van der Waals surface area contributed by atoms with Gasteiger partial charge in [0.05, 0.1) is 11.4 Å². The van der Waals surface area contributed by atoms with Crippen LogP contribution < -0.4 is 4.90 Å². The van der Waals surface area contributed by atoms with Crippen LogP contribution in [0, 0.1) is 0 Å². The molecule has 2 nitrogen and oxygen atoms in total. The first-order chi connectivity index (χ1) is 26.8. The van der Waals surface area contributed by atoms with Gasteiger partial charge in [-0.1, -0.05) is 182 Å². The summed E-state index contributed by atoms with van der Waals surface area (Å²) >= 11 is 0. The number of furan rings is 1. The first-order valence-corrected chi connectivity index (χ1v) is 18.4. The van der Waals surface area contributed by atoms with E-state index in [4.69, 9.17) is 4.42 Å². The zero-order valence-electron chi connectivity index (χ0n) is 29.6. The lowest BCUT2D eigenvalue weighted by atomic mass is 9.96. The van der Waals surface area contributed by atoms with Gasteiger partial charge in [0.15, 0.2) is 0 Å². The van der Waals surface area contributed by atoms with E-state index in [0.717, 1.165) is 61.3 Å². The molecule has 9 aromatic carbocycles. The molecule has 1 aromatic heterocycles. The molecular formula is C52H35NO. The van der Waals surface area contributed by atoms with E-state index in [2.05, 4.69) is 205 Å². The number of nitrogens with zero attached hydrogens (tertiary/aromatic N) is 1. The Hall–Kier alpha value is -7.16. The molecule has 0 saturated carbocycles. The van der Waals surface area contributed by atoms with Gasteiger partial charge < -0.3 is 9.32 Å². The topological polar surface area (TPSA) is 16.4 Å². The van der Waals surface area contributed by atoms with Gasteiger partial charge in [-0.3, -0.25) is 0 Å². The van der Waals surface area contributed by atoms with Crippen molar-refractivity contribution in [3.05, 3.63) is 212 Å². The Morgan fingerprint density at radius 1 is 0.296 bits per heavy atom. The Labute approximate surface area is 314 Å². The Balaban J connectivity index is 1.16. The summed E-state index contributed by atoms with van der Waals surface area (Å²) in [5, 5.41) is 4.72. The molecule has 0 aliphatic heterocycles. The predicted molar refractivity (Wildman–Crippen MR) is 228 cm³/mol. The molecule has 0 fully saturated rings. The van der Waals surface area contributed by atoms with Crippen molar-refractivity contribution >= 4 is 49.8 Å². The van der Waals surface area contributed by atoms with Crippen LogP contribution in [0.25, 0.3) is 77.2 Å². The van der Waals surface area contributed by atoms with Crippen LogP contribution in [0.4, 0.5) is 17.1 Å². The highest BCUT2D eigenvalue weighted by atomic mass is 16.3. The van der Waals surface area contributed by atoms with Crippen molar-refractivity contribution in [2.75, 3.05) is 4.90 Å². The fourth-order valence-electron chi connectivity index (χ4n) is 7.92. The van der Waals surface area contributed by atoms with Crippen molar-refractivity contribution in [3.63, 3.8) is 0 Å². The highest BCUT2D eigenvalue weighted by molar-refractivity contribution is 6.11. The normalized spacial score (nSPS) is 11.3. The van der Waals surface area contributed by atoms with Crippen molar-refractivity contribution in [2.24, 2.45) is 0 Å².